The van der Waals surface area contributed by atoms with E-state index >= 15 is 0 Å². The minimum atomic E-state index is -0.152. The van der Waals surface area contributed by atoms with E-state index in [2.05, 4.69) is 22.9 Å². The highest BCUT2D eigenvalue weighted by atomic mass is 16.5. The van der Waals surface area contributed by atoms with Crippen LogP contribution in [0.4, 0.5) is 17.1 Å². The third-order valence-corrected chi connectivity index (χ3v) is 3.56. The first kappa shape index (κ1) is 19.3. The molecular weight excluding hydrogens is 330 g/mol. The van der Waals surface area contributed by atoms with Gasteiger partial charge in [-0.15, -0.1) is 0 Å². The summed E-state index contributed by atoms with van der Waals surface area (Å²) in [6.45, 7) is 4.44. The summed E-state index contributed by atoms with van der Waals surface area (Å²) in [5.74, 6) is 0.543. The number of hydrogen-bond donors (Lipinski definition) is 3. The highest BCUT2D eigenvalue weighted by Gasteiger charge is 2.03. The Hall–Kier alpha value is -3.02. The number of benzene rings is 2. The molecule has 0 heterocycles. The molecule has 138 valence electrons. The molecule has 0 saturated carbocycles. The van der Waals surface area contributed by atoms with Gasteiger partial charge in [0.1, 0.15) is 5.75 Å². The number of carbonyl (C=O) groups is 2. The lowest BCUT2D eigenvalue weighted by atomic mass is 10.2. The lowest BCUT2D eigenvalue weighted by Crippen LogP contribution is -2.21. The van der Waals surface area contributed by atoms with Crippen molar-refractivity contribution < 1.29 is 14.3 Å². The summed E-state index contributed by atoms with van der Waals surface area (Å²) in [4.78, 5) is 23.0. The number of rotatable bonds is 9. The second-order valence-electron chi connectivity index (χ2n) is 5.89. The van der Waals surface area contributed by atoms with Gasteiger partial charge in [-0.3, -0.25) is 9.59 Å². The second kappa shape index (κ2) is 10.1. The SMILES string of the molecule is CCCCOc1ccc(NCC(=O)Nc2ccc(NC(C)=O)cc2)cc1. The molecule has 0 bridgehead atoms. The van der Waals surface area contributed by atoms with Crippen molar-refractivity contribution in [1.82, 2.24) is 0 Å². The molecule has 2 aromatic carbocycles. The van der Waals surface area contributed by atoms with Gasteiger partial charge in [0, 0.05) is 24.0 Å². The summed E-state index contributed by atoms with van der Waals surface area (Å²) in [6.07, 6.45) is 2.14. The Morgan fingerprint density at radius 2 is 1.46 bits per heavy atom. The minimum Gasteiger partial charge on any atom is -0.494 e. The molecule has 2 rings (SSSR count). The van der Waals surface area contributed by atoms with E-state index in [4.69, 9.17) is 4.74 Å². The molecule has 0 aliphatic rings. The maximum absolute atomic E-state index is 12.0. The van der Waals surface area contributed by atoms with Gasteiger partial charge in [0.25, 0.3) is 0 Å². The number of unbranched alkanes of at least 4 members (excludes halogenated alkanes) is 1. The van der Waals surface area contributed by atoms with Gasteiger partial charge in [-0.05, 0) is 55.0 Å². The van der Waals surface area contributed by atoms with Crippen LogP contribution in [-0.2, 0) is 9.59 Å². The van der Waals surface area contributed by atoms with Crippen LogP contribution in [0.15, 0.2) is 48.5 Å². The van der Waals surface area contributed by atoms with E-state index < -0.39 is 0 Å². The second-order valence-corrected chi connectivity index (χ2v) is 5.89. The van der Waals surface area contributed by atoms with E-state index in [0.717, 1.165) is 24.3 Å². The Morgan fingerprint density at radius 3 is 2.04 bits per heavy atom. The van der Waals surface area contributed by atoms with Crippen molar-refractivity contribution in [3.8, 4) is 5.75 Å². The Bertz CT molecular complexity index is 712. The normalized spacial score (nSPS) is 10.1. The molecule has 0 unspecified atom stereocenters. The molecule has 2 amide bonds. The molecule has 0 aliphatic heterocycles. The molecule has 0 radical (unpaired) electrons. The van der Waals surface area contributed by atoms with Crippen LogP contribution in [0.25, 0.3) is 0 Å². The zero-order valence-electron chi connectivity index (χ0n) is 15.2. The predicted octanol–water partition coefficient (Wildman–Crippen LogP) is 3.87. The van der Waals surface area contributed by atoms with Gasteiger partial charge < -0.3 is 20.7 Å². The molecule has 2 aromatic rings. The number of ether oxygens (including phenoxy) is 1. The molecule has 0 atom stereocenters. The average molecular weight is 355 g/mol. The number of hydrogen-bond acceptors (Lipinski definition) is 4. The molecule has 26 heavy (non-hydrogen) atoms. The van der Waals surface area contributed by atoms with E-state index in [9.17, 15) is 9.59 Å². The molecule has 0 aromatic heterocycles. The van der Waals surface area contributed by atoms with Crippen LogP contribution < -0.4 is 20.7 Å². The van der Waals surface area contributed by atoms with Gasteiger partial charge in [-0.1, -0.05) is 13.3 Å². The third kappa shape index (κ3) is 6.84. The van der Waals surface area contributed by atoms with Crippen molar-refractivity contribution in [1.29, 1.82) is 0 Å². The Balaban J connectivity index is 1.76. The summed E-state index contributed by atoms with van der Waals surface area (Å²) in [5.41, 5.74) is 2.21. The molecular formula is C20H25N3O3. The average Bonchev–Trinajstić information content (AvgIpc) is 2.62. The lowest BCUT2D eigenvalue weighted by Gasteiger charge is -2.10. The monoisotopic (exact) mass is 355 g/mol. The van der Waals surface area contributed by atoms with Crippen LogP contribution >= 0.6 is 0 Å². The lowest BCUT2D eigenvalue weighted by molar-refractivity contribution is -0.115. The van der Waals surface area contributed by atoms with Gasteiger partial charge in [0.2, 0.25) is 11.8 Å². The summed E-state index contributed by atoms with van der Waals surface area (Å²) < 4.78 is 5.61. The largest absolute Gasteiger partial charge is 0.494 e. The van der Waals surface area contributed by atoms with Gasteiger partial charge in [-0.25, -0.2) is 0 Å². The fourth-order valence-electron chi connectivity index (χ4n) is 2.23. The molecule has 0 fully saturated rings. The summed E-state index contributed by atoms with van der Waals surface area (Å²) in [5, 5.41) is 8.55. The van der Waals surface area contributed by atoms with Crippen molar-refractivity contribution in [2.45, 2.75) is 26.7 Å². The highest BCUT2D eigenvalue weighted by Crippen LogP contribution is 2.16. The van der Waals surface area contributed by atoms with Crippen molar-refractivity contribution in [3.05, 3.63) is 48.5 Å². The number of nitrogens with one attached hydrogen (secondary N) is 3. The summed E-state index contributed by atoms with van der Waals surface area (Å²) in [6, 6.07) is 14.5. The molecule has 6 nitrogen and oxygen atoms in total. The van der Waals surface area contributed by atoms with Crippen LogP contribution in [0, 0.1) is 0 Å². The summed E-state index contributed by atoms with van der Waals surface area (Å²) >= 11 is 0. The van der Waals surface area contributed by atoms with Crippen molar-refractivity contribution in [2.75, 3.05) is 29.1 Å². The zero-order chi connectivity index (χ0) is 18.8. The fourth-order valence-corrected chi connectivity index (χ4v) is 2.23. The van der Waals surface area contributed by atoms with E-state index in [1.165, 1.54) is 6.92 Å². The Kier molecular flexibility index (Phi) is 7.49. The number of anilines is 3. The van der Waals surface area contributed by atoms with E-state index in [-0.39, 0.29) is 18.4 Å². The minimum absolute atomic E-state index is 0.132. The molecule has 0 saturated heterocycles. The molecule has 0 spiro atoms. The van der Waals surface area contributed by atoms with Crippen LogP contribution in [0.5, 0.6) is 5.75 Å². The van der Waals surface area contributed by atoms with Crippen LogP contribution in [0.3, 0.4) is 0 Å². The Morgan fingerprint density at radius 1 is 0.885 bits per heavy atom. The quantitative estimate of drug-likeness (QED) is 0.597. The molecule has 0 aliphatic carbocycles. The van der Waals surface area contributed by atoms with Gasteiger partial charge in [0.15, 0.2) is 0 Å². The summed E-state index contributed by atoms with van der Waals surface area (Å²) in [7, 11) is 0. The van der Waals surface area contributed by atoms with Gasteiger partial charge >= 0.3 is 0 Å². The Labute approximate surface area is 153 Å². The van der Waals surface area contributed by atoms with Crippen LogP contribution in [0.2, 0.25) is 0 Å². The van der Waals surface area contributed by atoms with E-state index in [1.807, 2.05) is 24.3 Å². The van der Waals surface area contributed by atoms with E-state index in [0.29, 0.717) is 18.0 Å². The maximum Gasteiger partial charge on any atom is 0.243 e. The standard InChI is InChI=1S/C20H25N3O3/c1-3-4-13-26-19-11-9-16(10-12-19)21-14-20(25)23-18-7-5-17(6-8-18)22-15(2)24/h5-12,21H,3-4,13-14H2,1-2H3,(H,22,24)(H,23,25). The zero-order valence-corrected chi connectivity index (χ0v) is 15.2. The maximum atomic E-state index is 12.0. The van der Waals surface area contributed by atoms with E-state index in [1.54, 1.807) is 24.3 Å². The van der Waals surface area contributed by atoms with Crippen LogP contribution in [-0.4, -0.2) is 25.0 Å². The predicted molar refractivity (Wildman–Crippen MR) is 105 cm³/mol. The fraction of sp³-hybridized carbons (Fsp3) is 0.300. The smallest absolute Gasteiger partial charge is 0.243 e. The van der Waals surface area contributed by atoms with Crippen molar-refractivity contribution >= 4 is 28.9 Å². The first-order valence-electron chi connectivity index (χ1n) is 8.71. The highest BCUT2D eigenvalue weighted by molar-refractivity contribution is 5.94. The van der Waals surface area contributed by atoms with Crippen LogP contribution in [0.1, 0.15) is 26.7 Å². The van der Waals surface area contributed by atoms with Crippen molar-refractivity contribution in [2.24, 2.45) is 0 Å². The van der Waals surface area contributed by atoms with Gasteiger partial charge in [0.05, 0.1) is 13.2 Å². The first-order chi connectivity index (χ1) is 12.6. The topological polar surface area (TPSA) is 79.5 Å². The molecule has 3 N–H and O–H groups in total. The van der Waals surface area contributed by atoms with Gasteiger partial charge in [-0.2, -0.15) is 0 Å². The molecule has 6 heteroatoms. The third-order valence-electron chi connectivity index (χ3n) is 3.56. The number of amides is 2. The van der Waals surface area contributed by atoms with Crippen molar-refractivity contribution in [3.63, 3.8) is 0 Å². The first-order valence-corrected chi connectivity index (χ1v) is 8.71. The number of carbonyl (C=O) groups excluding carboxylic acids is 2.